The van der Waals surface area contributed by atoms with Crippen LogP contribution in [0.2, 0.25) is 0 Å². The Hall–Kier alpha value is -3.80. The number of hydrogen-bond donors (Lipinski definition) is 2. The number of carbonyl (C=O) groups is 1. The van der Waals surface area contributed by atoms with Gasteiger partial charge in [0.1, 0.15) is 0 Å². The van der Waals surface area contributed by atoms with Gasteiger partial charge in [-0.3, -0.25) is 9.78 Å². The van der Waals surface area contributed by atoms with Crippen LogP contribution in [0.3, 0.4) is 0 Å². The largest absolute Gasteiger partial charge is 0.368 e. The lowest BCUT2D eigenvalue weighted by atomic mass is 10.00. The maximum atomic E-state index is 11.1. The number of para-hydroxylation sites is 1. The first kappa shape index (κ1) is 17.6. The summed E-state index contributed by atoms with van der Waals surface area (Å²) in [7, 11) is 0. The van der Waals surface area contributed by atoms with Gasteiger partial charge in [-0.05, 0) is 19.1 Å². The highest BCUT2D eigenvalue weighted by atomic mass is 16.1. The van der Waals surface area contributed by atoms with E-state index in [0.29, 0.717) is 5.95 Å². The molecule has 2 aromatic carbocycles. The van der Waals surface area contributed by atoms with Gasteiger partial charge in [0, 0.05) is 34.5 Å². The third-order valence-electron chi connectivity index (χ3n) is 4.44. The summed E-state index contributed by atoms with van der Waals surface area (Å²) < 4.78 is 0. The Morgan fingerprint density at radius 3 is 2.57 bits per heavy atom. The number of rotatable bonds is 5. The molecule has 0 saturated heterocycles. The summed E-state index contributed by atoms with van der Waals surface area (Å²) in [6.45, 7) is 2.02. The molecule has 2 heterocycles. The number of pyridine rings is 1. The summed E-state index contributed by atoms with van der Waals surface area (Å²) in [5.74, 6) is -0.116. The number of benzene rings is 2. The third kappa shape index (κ3) is 3.66. The van der Waals surface area contributed by atoms with Crippen LogP contribution < -0.4 is 11.1 Å². The van der Waals surface area contributed by atoms with Gasteiger partial charge in [-0.1, -0.05) is 48.0 Å². The van der Waals surface area contributed by atoms with Crippen LogP contribution in [0.15, 0.2) is 67.0 Å². The fourth-order valence-electron chi connectivity index (χ4n) is 2.99. The molecular formula is C22H19N5O. The molecule has 0 aliphatic heterocycles. The molecule has 4 rings (SSSR count). The number of amides is 1. The molecule has 0 aliphatic carbocycles. The predicted molar refractivity (Wildman–Crippen MR) is 111 cm³/mol. The molecule has 3 N–H and O–H groups in total. The minimum absolute atomic E-state index is 0.0236. The molecule has 0 bridgehead atoms. The first-order valence-electron chi connectivity index (χ1n) is 8.91. The first-order valence-corrected chi connectivity index (χ1v) is 8.91. The van der Waals surface area contributed by atoms with Crippen molar-refractivity contribution in [3.8, 4) is 22.4 Å². The molecule has 6 nitrogen and oxygen atoms in total. The number of aromatic nitrogens is 3. The second-order valence-corrected chi connectivity index (χ2v) is 6.56. The summed E-state index contributed by atoms with van der Waals surface area (Å²) in [4.78, 5) is 24.6. The van der Waals surface area contributed by atoms with Gasteiger partial charge < -0.3 is 11.1 Å². The van der Waals surface area contributed by atoms with E-state index in [4.69, 9.17) is 5.73 Å². The molecule has 1 amide bonds. The van der Waals surface area contributed by atoms with E-state index >= 15 is 0 Å². The topological polar surface area (TPSA) is 93.8 Å². The van der Waals surface area contributed by atoms with Crippen LogP contribution in [0, 0.1) is 6.92 Å². The summed E-state index contributed by atoms with van der Waals surface area (Å²) in [5.41, 5.74) is 10.8. The minimum Gasteiger partial charge on any atom is -0.368 e. The van der Waals surface area contributed by atoms with E-state index in [9.17, 15) is 4.79 Å². The SMILES string of the molecule is Cc1ccc(-c2nc(NCC(N)=O)ncc2-c2cnc3ccccc3c2)cc1. The van der Waals surface area contributed by atoms with Gasteiger partial charge >= 0.3 is 0 Å². The second kappa shape index (κ2) is 7.44. The Morgan fingerprint density at radius 1 is 1.00 bits per heavy atom. The Morgan fingerprint density at radius 2 is 1.79 bits per heavy atom. The summed E-state index contributed by atoms with van der Waals surface area (Å²) >= 11 is 0. The van der Waals surface area contributed by atoms with Crippen molar-refractivity contribution in [2.24, 2.45) is 5.73 Å². The summed E-state index contributed by atoms with van der Waals surface area (Å²) in [6, 6.07) is 18.2. The smallest absolute Gasteiger partial charge is 0.236 e. The molecule has 28 heavy (non-hydrogen) atoms. The van der Waals surface area contributed by atoms with Crippen molar-refractivity contribution < 1.29 is 4.79 Å². The van der Waals surface area contributed by atoms with Gasteiger partial charge in [-0.2, -0.15) is 0 Å². The summed E-state index contributed by atoms with van der Waals surface area (Å²) in [5, 5.41) is 3.91. The molecule has 0 fully saturated rings. The number of nitrogens with one attached hydrogen (secondary N) is 1. The second-order valence-electron chi connectivity index (χ2n) is 6.56. The van der Waals surface area contributed by atoms with Crippen LogP contribution >= 0.6 is 0 Å². The molecule has 6 heteroatoms. The fraction of sp³-hybridized carbons (Fsp3) is 0.0909. The molecule has 0 spiro atoms. The number of aryl methyl sites for hydroxylation is 1. The summed E-state index contributed by atoms with van der Waals surface area (Å²) in [6.07, 6.45) is 3.58. The maximum absolute atomic E-state index is 11.1. The quantitative estimate of drug-likeness (QED) is 0.561. The Balaban J connectivity index is 1.84. The van der Waals surface area contributed by atoms with Crippen molar-refractivity contribution in [1.29, 1.82) is 0 Å². The normalized spacial score (nSPS) is 10.8. The highest BCUT2D eigenvalue weighted by Gasteiger charge is 2.13. The first-order chi connectivity index (χ1) is 13.6. The fourth-order valence-corrected chi connectivity index (χ4v) is 2.99. The number of anilines is 1. The lowest BCUT2D eigenvalue weighted by molar-refractivity contribution is -0.116. The Kier molecular flexibility index (Phi) is 4.68. The van der Waals surface area contributed by atoms with Crippen molar-refractivity contribution in [2.75, 3.05) is 11.9 Å². The van der Waals surface area contributed by atoms with Crippen LogP contribution in [0.5, 0.6) is 0 Å². The van der Waals surface area contributed by atoms with Gasteiger partial charge in [-0.25, -0.2) is 9.97 Å². The lowest BCUT2D eigenvalue weighted by Crippen LogP contribution is -2.22. The van der Waals surface area contributed by atoms with E-state index in [1.165, 1.54) is 5.56 Å². The monoisotopic (exact) mass is 369 g/mol. The van der Waals surface area contributed by atoms with Gasteiger partial charge in [0.15, 0.2) is 0 Å². The molecule has 0 atom stereocenters. The number of primary amides is 1. The zero-order chi connectivity index (χ0) is 19.5. The van der Waals surface area contributed by atoms with Crippen molar-refractivity contribution >= 4 is 22.8 Å². The molecule has 2 aromatic heterocycles. The third-order valence-corrected chi connectivity index (χ3v) is 4.44. The van der Waals surface area contributed by atoms with E-state index in [0.717, 1.165) is 33.3 Å². The molecule has 0 aliphatic rings. The highest BCUT2D eigenvalue weighted by molar-refractivity contribution is 5.87. The molecule has 0 unspecified atom stereocenters. The molecule has 138 valence electrons. The van der Waals surface area contributed by atoms with E-state index < -0.39 is 5.91 Å². The van der Waals surface area contributed by atoms with Crippen LogP contribution in [-0.2, 0) is 4.79 Å². The molecular weight excluding hydrogens is 350 g/mol. The lowest BCUT2D eigenvalue weighted by Gasteiger charge is -2.12. The average molecular weight is 369 g/mol. The predicted octanol–water partition coefficient (Wildman–Crippen LogP) is 3.56. The van der Waals surface area contributed by atoms with E-state index in [-0.39, 0.29) is 6.54 Å². The number of fused-ring (bicyclic) bond motifs is 1. The van der Waals surface area contributed by atoms with Gasteiger partial charge in [-0.15, -0.1) is 0 Å². The number of hydrogen-bond acceptors (Lipinski definition) is 5. The number of carbonyl (C=O) groups excluding carboxylic acids is 1. The zero-order valence-electron chi connectivity index (χ0n) is 15.4. The highest BCUT2D eigenvalue weighted by Crippen LogP contribution is 2.32. The van der Waals surface area contributed by atoms with Crippen LogP contribution in [-0.4, -0.2) is 27.4 Å². The molecule has 0 radical (unpaired) electrons. The van der Waals surface area contributed by atoms with Crippen LogP contribution in [0.25, 0.3) is 33.3 Å². The van der Waals surface area contributed by atoms with Crippen molar-refractivity contribution in [3.63, 3.8) is 0 Å². The Labute approximate surface area is 162 Å². The number of nitrogens with two attached hydrogens (primary N) is 1. The van der Waals surface area contributed by atoms with Crippen molar-refractivity contribution in [1.82, 2.24) is 15.0 Å². The average Bonchev–Trinajstić information content (AvgIpc) is 2.72. The Bertz CT molecular complexity index is 1160. The minimum atomic E-state index is -0.469. The van der Waals surface area contributed by atoms with Crippen LogP contribution in [0.4, 0.5) is 5.95 Å². The van der Waals surface area contributed by atoms with E-state index in [2.05, 4.69) is 26.3 Å². The zero-order valence-corrected chi connectivity index (χ0v) is 15.4. The van der Waals surface area contributed by atoms with E-state index in [1.807, 2.05) is 61.7 Å². The van der Waals surface area contributed by atoms with Crippen molar-refractivity contribution in [3.05, 3.63) is 72.6 Å². The standard InChI is InChI=1S/C22H19N5O/c1-14-6-8-15(9-7-14)21-18(12-25-22(27-21)26-13-20(23)28)17-10-16-4-2-3-5-19(16)24-11-17/h2-12H,13H2,1H3,(H2,23,28)(H,25,26,27). The van der Waals surface area contributed by atoms with E-state index in [1.54, 1.807) is 6.20 Å². The number of nitrogens with zero attached hydrogens (tertiary/aromatic N) is 3. The maximum Gasteiger partial charge on any atom is 0.236 e. The van der Waals surface area contributed by atoms with Crippen molar-refractivity contribution in [2.45, 2.75) is 6.92 Å². The van der Waals surface area contributed by atoms with Gasteiger partial charge in [0.05, 0.1) is 17.8 Å². The van der Waals surface area contributed by atoms with Gasteiger partial charge in [0.2, 0.25) is 11.9 Å². The van der Waals surface area contributed by atoms with Gasteiger partial charge in [0.25, 0.3) is 0 Å². The molecule has 4 aromatic rings. The van der Waals surface area contributed by atoms with Crippen LogP contribution in [0.1, 0.15) is 5.56 Å². The molecule has 0 saturated carbocycles.